The molecule has 140 valence electrons. The maximum atomic E-state index is 4.78. The molecule has 1 heterocycles. The van der Waals surface area contributed by atoms with E-state index in [2.05, 4.69) is 47.3 Å². The van der Waals surface area contributed by atoms with E-state index in [1.807, 2.05) is 7.05 Å². The van der Waals surface area contributed by atoms with Crippen molar-refractivity contribution in [1.82, 2.24) is 20.4 Å². The Morgan fingerprint density at radius 2 is 2.04 bits per heavy atom. The van der Waals surface area contributed by atoms with Crippen molar-refractivity contribution in [1.29, 1.82) is 0 Å². The van der Waals surface area contributed by atoms with Crippen molar-refractivity contribution in [2.45, 2.75) is 77.8 Å². The summed E-state index contributed by atoms with van der Waals surface area (Å²) < 4.78 is 2.10. The molecule has 1 aromatic heterocycles. The lowest BCUT2D eigenvalue weighted by atomic mass is 9.83. The van der Waals surface area contributed by atoms with Gasteiger partial charge in [-0.3, -0.25) is 9.67 Å². The van der Waals surface area contributed by atoms with E-state index < -0.39 is 0 Å². The van der Waals surface area contributed by atoms with Crippen molar-refractivity contribution in [2.75, 3.05) is 13.6 Å². The van der Waals surface area contributed by atoms with Gasteiger partial charge in [-0.2, -0.15) is 5.10 Å². The summed E-state index contributed by atoms with van der Waals surface area (Å²) in [5.41, 5.74) is 2.68. The Morgan fingerprint density at radius 1 is 1.28 bits per heavy atom. The molecule has 3 rings (SSSR count). The zero-order valence-electron chi connectivity index (χ0n) is 16.4. The molecule has 1 saturated carbocycles. The van der Waals surface area contributed by atoms with Crippen LogP contribution >= 0.6 is 0 Å². The van der Waals surface area contributed by atoms with Gasteiger partial charge in [0.25, 0.3) is 0 Å². The molecule has 0 radical (unpaired) electrons. The van der Waals surface area contributed by atoms with Gasteiger partial charge in [0.15, 0.2) is 5.96 Å². The molecule has 0 bridgehead atoms. The van der Waals surface area contributed by atoms with Gasteiger partial charge in [0.05, 0.1) is 5.69 Å². The van der Waals surface area contributed by atoms with E-state index in [9.17, 15) is 0 Å². The molecule has 25 heavy (non-hydrogen) atoms. The third kappa shape index (κ3) is 4.77. The maximum absolute atomic E-state index is 4.78. The van der Waals surface area contributed by atoms with Crippen LogP contribution in [-0.4, -0.2) is 35.4 Å². The van der Waals surface area contributed by atoms with Crippen LogP contribution in [0.25, 0.3) is 0 Å². The molecular formula is C20H35N5. The predicted molar refractivity (Wildman–Crippen MR) is 104 cm³/mol. The van der Waals surface area contributed by atoms with E-state index in [0.29, 0.717) is 12.1 Å². The molecule has 1 aromatic rings. The summed E-state index contributed by atoms with van der Waals surface area (Å²) in [6.07, 6.45) is 10.9. The molecule has 2 aliphatic rings. The minimum atomic E-state index is 0.431. The second kappa shape index (κ2) is 8.24. The smallest absolute Gasteiger partial charge is 0.191 e. The van der Waals surface area contributed by atoms with Crippen LogP contribution in [0.2, 0.25) is 0 Å². The zero-order valence-corrected chi connectivity index (χ0v) is 16.4. The van der Waals surface area contributed by atoms with E-state index in [0.717, 1.165) is 43.6 Å². The quantitative estimate of drug-likeness (QED) is 0.650. The molecule has 1 atom stereocenters. The second-order valence-electron chi connectivity index (χ2n) is 8.34. The van der Waals surface area contributed by atoms with Gasteiger partial charge in [0.2, 0.25) is 0 Å². The van der Waals surface area contributed by atoms with Crippen LogP contribution in [0.3, 0.4) is 0 Å². The number of rotatable bonds is 4. The van der Waals surface area contributed by atoms with Crippen molar-refractivity contribution in [3.05, 3.63) is 17.5 Å². The van der Waals surface area contributed by atoms with E-state index >= 15 is 0 Å². The lowest BCUT2D eigenvalue weighted by Gasteiger charge is -2.28. The SMILES string of the molecule is CN=C(NCC1CCC(C)CC1)NC1CCc2cn(C(C)C)nc2C1. The zero-order chi connectivity index (χ0) is 17.8. The number of aliphatic imine (C=N–C) groups is 1. The minimum absolute atomic E-state index is 0.431. The van der Waals surface area contributed by atoms with Crippen LogP contribution in [0.5, 0.6) is 0 Å². The summed E-state index contributed by atoms with van der Waals surface area (Å²) in [6.45, 7) is 7.80. The first-order valence-electron chi connectivity index (χ1n) is 10.1. The van der Waals surface area contributed by atoms with Crippen molar-refractivity contribution in [2.24, 2.45) is 16.8 Å². The third-order valence-electron chi connectivity index (χ3n) is 5.88. The van der Waals surface area contributed by atoms with Gasteiger partial charge in [0.1, 0.15) is 0 Å². The van der Waals surface area contributed by atoms with Crippen LogP contribution in [0.1, 0.15) is 70.2 Å². The van der Waals surface area contributed by atoms with Crippen molar-refractivity contribution in [3.63, 3.8) is 0 Å². The molecule has 0 aliphatic heterocycles. The first-order valence-corrected chi connectivity index (χ1v) is 10.1. The highest BCUT2D eigenvalue weighted by molar-refractivity contribution is 5.80. The number of aryl methyl sites for hydroxylation is 1. The topological polar surface area (TPSA) is 54.2 Å². The van der Waals surface area contributed by atoms with Gasteiger partial charge in [-0.25, -0.2) is 0 Å². The summed E-state index contributed by atoms with van der Waals surface area (Å²) >= 11 is 0. The maximum Gasteiger partial charge on any atom is 0.191 e. The molecule has 2 N–H and O–H groups in total. The fourth-order valence-corrected chi connectivity index (χ4v) is 4.06. The lowest BCUT2D eigenvalue weighted by Crippen LogP contribution is -2.47. The number of hydrogen-bond acceptors (Lipinski definition) is 2. The first-order chi connectivity index (χ1) is 12.0. The van der Waals surface area contributed by atoms with Crippen molar-refractivity contribution < 1.29 is 0 Å². The highest BCUT2D eigenvalue weighted by atomic mass is 15.3. The van der Waals surface area contributed by atoms with Gasteiger partial charge in [-0.1, -0.05) is 19.8 Å². The van der Waals surface area contributed by atoms with Crippen molar-refractivity contribution in [3.8, 4) is 0 Å². The molecule has 0 amide bonds. The molecular weight excluding hydrogens is 310 g/mol. The van der Waals surface area contributed by atoms with E-state index in [1.54, 1.807) is 0 Å². The Kier molecular flexibility index (Phi) is 6.02. The van der Waals surface area contributed by atoms with Gasteiger partial charge >= 0.3 is 0 Å². The Balaban J connectivity index is 1.49. The highest BCUT2D eigenvalue weighted by Gasteiger charge is 2.23. The second-order valence-corrected chi connectivity index (χ2v) is 8.34. The highest BCUT2D eigenvalue weighted by Crippen LogP contribution is 2.27. The summed E-state index contributed by atoms with van der Waals surface area (Å²) in [7, 11) is 1.88. The fourth-order valence-electron chi connectivity index (χ4n) is 4.06. The van der Waals surface area contributed by atoms with E-state index in [1.165, 1.54) is 36.9 Å². The molecule has 5 nitrogen and oxygen atoms in total. The molecule has 1 unspecified atom stereocenters. The first kappa shape index (κ1) is 18.3. The fraction of sp³-hybridized carbons (Fsp3) is 0.800. The predicted octanol–water partition coefficient (Wildman–Crippen LogP) is 3.31. The average Bonchev–Trinajstić information content (AvgIpc) is 3.03. The molecule has 0 saturated heterocycles. The van der Waals surface area contributed by atoms with E-state index in [4.69, 9.17) is 5.10 Å². The molecule has 2 aliphatic carbocycles. The van der Waals surface area contributed by atoms with Crippen LogP contribution in [0, 0.1) is 11.8 Å². The molecule has 1 fully saturated rings. The summed E-state index contributed by atoms with van der Waals surface area (Å²) in [6, 6.07) is 0.866. The molecule has 5 heteroatoms. The van der Waals surface area contributed by atoms with Gasteiger partial charge in [-0.05, 0) is 56.9 Å². The lowest BCUT2D eigenvalue weighted by molar-refractivity contribution is 0.289. The van der Waals surface area contributed by atoms with Gasteiger partial charge in [0, 0.05) is 38.3 Å². The van der Waals surface area contributed by atoms with Gasteiger partial charge in [-0.15, -0.1) is 0 Å². The van der Waals surface area contributed by atoms with Crippen molar-refractivity contribution >= 4 is 5.96 Å². The summed E-state index contributed by atoms with van der Waals surface area (Å²) in [5, 5.41) is 12.0. The summed E-state index contributed by atoms with van der Waals surface area (Å²) in [4.78, 5) is 4.44. The Morgan fingerprint density at radius 3 is 2.72 bits per heavy atom. The normalized spacial score (nSPS) is 27.2. The van der Waals surface area contributed by atoms with E-state index in [-0.39, 0.29) is 0 Å². The Hall–Kier alpha value is -1.52. The third-order valence-corrected chi connectivity index (χ3v) is 5.88. The van der Waals surface area contributed by atoms with Crippen LogP contribution in [0.4, 0.5) is 0 Å². The standard InChI is InChI=1S/C20H35N5/c1-14(2)25-13-17-9-10-18(11-19(17)24-25)23-20(21-4)22-12-16-7-5-15(3)6-8-16/h13-16,18H,5-12H2,1-4H3,(H2,21,22,23). The van der Waals surface area contributed by atoms with Crippen LogP contribution in [0.15, 0.2) is 11.2 Å². The number of nitrogens with zero attached hydrogens (tertiary/aromatic N) is 3. The number of hydrogen-bond donors (Lipinski definition) is 2. The Bertz CT molecular complexity index is 581. The monoisotopic (exact) mass is 345 g/mol. The van der Waals surface area contributed by atoms with Gasteiger partial charge < -0.3 is 10.6 Å². The number of aromatic nitrogens is 2. The van der Waals surface area contributed by atoms with Crippen LogP contribution in [-0.2, 0) is 12.8 Å². The number of guanidine groups is 1. The van der Waals surface area contributed by atoms with Crippen LogP contribution < -0.4 is 10.6 Å². The molecule has 0 spiro atoms. The minimum Gasteiger partial charge on any atom is -0.356 e. The summed E-state index contributed by atoms with van der Waals surface area (Å²) in [5.74, 6) is 2.67. The largest absolute Gasteiger partial charge is 0.356 e. The average molecular weight is 346 g/mol. The number of fused-ring (bicyclic) bond motifs is 1. The number of nitrogens with one attached hydrogen (secondary N) is 2. The Labute approximate surface area is 152 Å². The molecule has 0 aromatic carbocycles.